The van der Waals surface area contributed by atoms with Crippen molar-refractivity contribution < 1.29 is 9.90 Å². The highest BCUT2D eigenvalue weighted by Gasteiger charge is 2.00. The van der Waals surface area contributed by atoms with Gasteiger partial charge in [0.05, 0.1) is 0 Å². The number of phenolic OH excluding ortho intramolecular Hbond substituents is 1. The van der Waals surface area contributed by atoms with E-state index in [1.165, 1.54) is 0 Å². The average Bonchev–Trinajstić information content (AvgIpc) is 2.35. The molecule has 2 rings (SSSR count). The van der Waals surface area contributed by atoms with Crippen LogP contribution >= 0.6 is 11.6 Å². The van der Waals surface area contributed by atoms with Crippen LogP contribution < -0.4 is 5.32 Å². The lowest BCUT2D eigenvalue weighted by Crippen LogP contribution is -2.23. The maximum atomic E-state index is 11.0. The molecule has 1 amide bonds. The first-order valence-corrected chi connectivity index (χ1v) is 5.77. The number of aromatic hydroxyl groups is 1. The topological polar surface area (TPSA) is 49.3 Å². The normalized spacial score (nSPS) is 10.4. The second-order valence-electron chi connectivity index (χ2n) is 3.78. The molecular formula is C13H12ClNO2. The van der Waals surface area contributed by atoms with Gasteiger partial charge in [-0.15, -0.1) is 11.6 Å². The molecule has 4 heteroatoms. The van der Waals surface area contributed by atoms with Crippen LogP contribution in [0.5, 0.6) is 5.75 Å². The monoisotopic (exact) mass is 249 g/mol. The molecular weight excluding hydrogens is 238 g/mol. The minimum absolute atomic E-state index is 0.0263. The Balaban J connectivity index is 2.20. The Hall–Kier alpha value is -1.74. The van der Waals surface area contributed by atoms with Crippen molar-refractivity contribution >= 4 is 28.3 Å². The fraction of sp³-hybridized carbons (Fsp3) is 0.154. The van der Waals surface area contributed by atoms with Gasteiger partial charge in [0.2, 0.25) is 5.91 Å². The number of phenols is 1. The van der Waals surface area contributed by atoms with Crippen molar-refractivity contribution in [1.29, 1.82) is 0 Å². The van der Waals surface area contributed by atoms with Gasteiger partial charge < -0.3 is 10.4 Å². The van der Waals surface area contributed by atoms with Gasteiger partial charge in [-0.2, -0.15) is 0 Å². The molecule has 88 valence electrons. The highest BCUT2D eigenvalue weighted by atomic mass is 35.5. The third kappa shape index (κ3) is 2.88. The molecule has 3 nitrogen and oxygen atoms in total. The summed E-state index contributed by atoms with van der Waals surface area (Å²) in [6.07, 6.45) is 0. The van der Waals surface area contributed by atoms with Crippen LogP contribution in [0.15, 0.2) is 36.4 Å². The van der Waals surface area contributed by atoms with Crippen LogP contribution in [0.3, 0.4) is 0 Å². The van der Waals surface area contributed by atoms with Gasteiger partial charge in [-0.1, -0.05) is 18.2 Å². The zero-order valence-electron chi connectivity index (χ0n) is 9.11. The minimum atomic E-state index is -0.183. The Kier molecular flexibility index (Phi) is 3.49. The lowest BCUT2D eigenvalue weighted by molar-refractivity contribution is -0.118. The van der Waals surface area contributed by atoms with Crippen LogP contribution in [0.25, 0.3) is 10.8 Å². The van der Waals surface area contributed by atoms with Gasteiger partial charge in [-0.25, -0.2) is 0 Å². The summed E-state index contributed by atoms with van der Waals surface area (Å²) in [7, 11) is 0. The van der Waals surface area contributed by atoms with E-state index in [2.05, 4.69) is 5.32 Å². The summed E-state index contributed by atoms with van der Waals surface area (Å²) < 4.78 is 0. The third-order valence-electron chi connectivity index (χ3n) is 2.50. The van der Waals surface area contributed by atoms with E-state index in [1.807, 2.05) is 24.3 Å². The number of alkyl halides is 1. The van der Waals surface area contributed by atoms with Gasteiger partial charge in [0.25, 0.3) is 0 Å². The fourth-order valence-electron chi connectivity index (χ4n) is 1.64. The highest BCUT2D eigenvalue weighted by molar-refractivity contribution is 6.27. The lowest BCUT2D eigenvalue weighted by atomic mass is 10.1. The maximum Gasteiger partial charge on any atom is 0.235 e. The molecule has 0 atom stereocenters. The summed E-state index contributed by atoms with van der Waals surface area (Å²) in [5, 5.41) is 14.0. The number of amides is 1. The highest BCUT2D eigenvalue weighted by Crippen LogP contribution is 2.20. The fourth-order valence-corrected chi connectivity index (χ4v) is 1.73. The number of hydrogen-bond acceptors (Lipinski definition) is 2. The van der Waals surface area contributed by atoms with Gasteiger partial charge in [0.15, 0.2) is 0 Å². The Morgan fingerprint density at radius 1 is 1.18 bits per heavy atom. The summed E-state index contributed by atoms with van der Waals surface area (Å²) in [6, 6.07) is 11.0. The standard InChI is InChI=1S/C13H12ClNO2/c14-7-13(17)15-8-9-1-2-11-6-12(16)4-3-10(11)5-9/h1-6,16H,7-8H2,(H,15,17). The molecule has 0 aliphatic carbocycles. The van der Waals surface area contributed by atoms with Gasteiger partial charge >= 0.3 is 0 Å². The Bertz CT molecular complexity index is 554. The minimum Gasteiger partial charge on any atom is -0.508 e. The smallest absolute Gasteiger partial charge is 0.235 e. The van der Waals surface area contributed by atoms with Crippen LogP contribution in [-0.4, -0.2) is 16.9 Å². The van der Waals surface area contributed by atoms with Crippen molar-refractivity contribution in [3.8, 4) is 5.75 Å². The van der Waals surface area contributed by atoms with Gasteiger partial charge in [0.1, 0.15) is 11.6 Å². The van der Waals surface area contributed by atoms with Crippen molar-refractivity contribution in [2.45, 2.75) is 6.54 Å². The van der Waals surface area contributed by atoms with Crippen LogP contribution in [-0.2, 0) is 11.3 Å². The number of fused-ring (bicyclic) bond motifs is 1. The van der Waals surface area contributed by atoms with Crippen molar-refractivity contribution in [1.82, 2.24) is 5.32 Å². The number of halogens is 1. The average molecular weight is 250 g/mol. The molecule has 0 aliphatic rings. The van der Waals surface area contributed by atoms with Crippen LogP contribution in [0.2, 0.25) is 0 Å². The Morgan fingerprint density at radius 2 is 1.88 bits per heavy atom. The predicted molar refractivity (Wildman–Crippen MR) is 68.2 cm³/mol. The summed E-state index contributed by atoms with van der Waals surface area (Å²) in [5.74, 6) is 0.0414. The van der Waals surface area contributed by atoms with Gasteiger partial charge in [0, 0.05) is 6.54 Å². The molecule has 0 aliphatic heterocycles. The van der Waals surface area contributed by atoms with Gasteiger partial charge in [-0.05, 0) is 34.5 Å². The molecule has 17 heavy (non-hydrogen) atoms. The third-order valence-corrected chi connectivity index (χ3v) is 2.74. The van der Waals surface area contributed by atoms with E-state index >= 15 is 0 Å². The molecule has 2 aromatic rings. The molecule has 0 spiro atoms. The number of benzene rings is 2. The molecule has 0 aromatic heterocycles. The zero-order chi connectivity index (χ0) is 12.3. The first kappa shape index (κ1) is 11.7. The van der Waals surface area contributed by atoms with Crippen molar-refractivity contribution in [3.05, 3.63) is 42.0 Å². The number of carbonyl (C=O) groups is 1. The lowest BCUT2D eigenvalue weighted by Gasteiger charge is -2.05. The largest absolute Gasteiger partial charge is 0.508 e. The molecule has 0 saturated heterocycles. The van der Waals surface area contributed by atoms with Crippen LogP contribution in [0.4, 0.5) is 0 Å². The zero-order valence-corrected chi connectivity index (χ0v) is 9.87. The maximum absolute atomic E-state index is 11.0. The molecule has 0 bridgehead atoms. The van der Waals surface area contributed by atoms with E-state index in [9.17, 15) is 9.90 Å². The molecule has 0 heterocycles. The second-order valence-corrected chi connectivity index (χ2v) is 4.04. The molecule has 2 aromatic carbocycles. The quantitative estimate of drug-likeness (QED) is 0.821. The van der Waals surface area contributed by atoms with E-state index in [0.29, 0.717) is 6.54 Å². The second kappa shape index (κ2) is 5.06. The van der Waals surface area contributed by atoms with E-state index < -0.39 is 0 Å². The number of rotatable bonds is 3. The van der Waals surface area contributed by atoms with Gasteiger partial charge in [-0.3, -0.25) is 4.79 Å². The summed E-state index contributed by atoms with van der Waals surface area (Å²) >= 11 is 5.39. The number of nitrogens with one attached hydrogen (secondary N) is 1. The predicted octanol–water partition coefficient (Wildman–Crippen LogP) is 2.40. The van der Waals surface area contributed by atoms with Crippen LogP contribution in [0, 0.1) is 0 Å². The molecule has 0 saturated carbocycles. The van der Waals surface area contributed by atoms with E-state index in [4.69, 9.17) is 11.6 Å². The van der Waals surface area contributed by atoms with Crippen molar-refractivity contribution in [2.75, 3.05) is 5.88 Å². The molecule has 0 fully saturated rings. The van der Waals surface area contributed by atoms with Crippen molar-refractivity contribution in [2.24, 2.45) is 0 Å². The SMILES string of the molecule is O=C(CCl)NCc1ccc2cc(O)ccc2c1. The number of carbonyl (C=O) groups excluding carboxylic acids is 1. The molecule has 0 unspecified atom stereocenters. The van der Waals surface area contributed by atoms with E-state index in [0.717, 1.165) is 16.3 Å². The Labute approximate surface area is 104 Å². The van der Waals surface area contributed by atoms with E-state index in [-0.39, 0.29) is 17.5 Å². The van der Waals surface area contributed by atoms with Crippen LogP contribution in [0.1, 0.15) is 5.56 Å². The summed E-state index contributed by atoms with van der Waals surface area (Å²) in [5.41, 5.74) is 1.00. The molecule has 2 N–H and O–H groups in total. The Morgan fingerprint density at radius 3 is 2.65 bits per heavy atom. The summed E-state index contributed by atoms with van der Waals surface area (Å²) in [6.45, 7) is 0.461. The van der Waals surface area contributed by atoms with Crippen molar-refractivity contribution in [3.63, 3.8) is 0 Å². The molecule has 0 radical (unpaired) electrons. The first-order valence-electron chi connectivity index (χ1n) is 5.23. The van der Waals surface area contributed by atoms with E-state index in [1.54, 1.807) is 12.1 Å². The number of hydrogen-bond donors (Lipinski definition) is 2. The summed E-state index contributed by atoms with van der Waals surface area (Å²) in [4.78, 5) is 11.0. The first-order chi connectivity index (χ1) is 8.19.